The Morgan fingerprint density at radius 1 is 1.26 bits per heavy atom. The predicted molar refractivity (Wildman–Crippen MR) is 75.3 cm³/mol. The number of nitrogens with zero attached hydrogens (tertiary/aromatic N) is 2. The maximum Gasteiger partial charge on any atom is 0.243 e. The number of rotatable bonds is 4. The highest BCUT2D eigenvalue weighted by atomic mass is 35.5. The van der Waals surface area contributed by atoms with Crippen molar-refractivity contribution in [2.24, 2.45) is 11.7 Å². The average Bonchev–Trinajstić information content (AvgIpc) is 2.81. The molecule has 0 spiro atoms. The Morgan fingerprint density at radius 2 is 1.89 bits per heavy atom. The molecule has 1 aromatic carbocycles. The molecule has 2 N–H and O–H groups in total. The van der Waals surface area contributed by atoms with Gasteiger partial charge in [-0.15, -0.1) is 0 Å². The number of aromatic nitrogens is 2. The van der Waals surface area contributed by atoms with Crippen molar-refractivity contribution < 1.29 is 4.52 Å². The Morgan fingerprint density at radius 3 is 2.47 bits per heavy atom. The van der Waals surface area contributed by atoms with E-state index in [0.29, 0.717) is 28.2 Å². The van der Waals surface area contributed by atoms with Crippen molar-refractivity contribution in [3.63, 3.8) is 0 Å². The molecule has 0 saturated carbocycles. The fourth-order valence-corrected chi connectivity index (χ4v) is 2.15. The van der Waals surface area contributed by atoms with Crippen molar-refractivity contribution >= 4 is 23.2 Å². The van der Waals surface area contributed by atoms with E-state index in [9.17, 15) is 0 Å². The fraction of sp³-hybridized carbons (Fsp3) is 0.385. The lowest BCUT2D eigenvalue weighted by Gasteiger charge is -2.09. The smallest absolute Gasteiger partial charge is 0.243 e. The zero-order valence-corrected chi connectivity index (χ0v) is 12.2. The van der Waals surface area contributed by atoms with Gasteiger partial charge in [0.15, 0.2) is 5.82 Å². The molecule has 0 bridgehead atoms. The zero-order chi connectivity index (χ0) is 14.0. The quantitative estimate of drug-likeness (QED) is 0.936. The molecule has 0 amide bonds. The van der Waals surface area contributed by atoms with Gasteiger partial charge in [-0.05, 0) is 23.6 Å². The van der Waals surface area contributed by atoms with Crippen LogP contribution in [0.5, 0.6) is 0 Å². The van der Waals surface area contributed by atoms with Crippen LogP contribution in [-0.2, 0) is 6.42 Å². The van der Waals surface area contributed by atoms with E-state index in [2.05, 4.69) is 10.1 Å². The molecule has 0 aliphatic rings. The van der Waals surface area contributed by atoms with E-state index in [1.54, 1.807) is 18.2 Å². The second-order valence-corrected chi connectivity index (χ2v) is 5.51. The van der Waals surface area contributed by atoms with Crippen LogP contribution >= 0.6 is 23.2 Å². The zero-order valence-electron chi connectivity index (χ0n) is 10.7. The van der Waals surface area contributed by atoms with Gasteiger partial charge in [-0.25, -0.2) is 0 Å². The first-order valence-corrected chi connectivity index (χ1v) is 6.75. The summed E-state index contributed by atoms with van der Waals surface area (Å²) in [5, 5.41) is 5.09. The van der Waals surface area contributed by atoms with Gasteiger partial charge in [0.05, 0.1) is 6.04 Å². The molecule has 1 unspecified atom stereocenters. The first-order valence-electron chi connectivity index (χ1n) is 6.00. The van der Waals surface area contributed by atoms with Crippen LogP contribution < -0.4 is 5.73 Å². The summed E-state index contributed by atoms with van der Waals surface area (Å²) in [6, 6.07) is 5.10. The maximum absolute atomic E-state index is 6.10. The molecule has 1 heterocycles. The van der Waals surface area contributed by atoms with Crippen molar-refractivity contribution in [3.8, 4) is 0 Å². The molecule has 0 aliphatic heterocycles. The molecule has 2 aromatic rings. The van der Waals surface area contributed by atoms with Crippen LogP contribution in [0, 0.1) is 5.92 Å². The number of hydrogen-bond acceptors (Lipinski definition) is 4. The Hall–Kier alpha value is -1.10. The van der Waals surface area contributed by atoms with E-state index in [0.717, 1.165) is 5.56 Å². The van der Waals surface area contributed by atoms with Gasteiger partial charge in [-0.1, -0.05) is 48.3 Å². The first-order chi connectivity index (χ1) is 8.99. The molecular formula is C13H15Cl2N3O. The molecule has 1 atom stereocenters. The Bertz CT molecular complexity index is 549. The Kier molecular flexibility index (Phi) is 4.45. The van der Waals surface area contributed by atoms with Crippen molar-refractivity contribution in [1.82, 2.24) is 10.1 Å². The molecular weight excluding hydrogens is 285 g/mol. The van der Waals surface area contributed by atoms with Crippen LogP contribution in [0.1, 0.15) is 37.2 Å². The monoisotopic (exact) mass is 299 g/mol. The highest BCUT2D eigenvalue weighted by molar-refractivity contribution is 6.36. The highest BCUT2D eigenvalue weighted by Gasteiger charge is 2.19. The van der Waals surface area contributed by atoms with Crippen LogP contribution in [0.2, 0.25) is 10.0 Å². The van der Waals surface area contributed by atoms with Crippen molar-refractivity contribution in [3.05, 3.63) is 45.5 Å². The van der Waals surface area contributed by atoms with E-state index >= 15 is 0 Å². The van der Waals surface area contributed by atoms with Crippen LogP contribution in [0.3, 0.4) is 0 Å². The Balaban J connectivity index is 2.21. The van der Waals surface area contributed by atoms with E-state index in [4.69, 9.17) is 33.5 Å². The van der Waals surface area contributed by atoms with Crippen molar-refractivity contribution in [1.29, 1.82) is 0 Å². The van der Waals surface area contributed by atoms with Gasteiger partial charge in [-0.2, -0.15) is 4.98 Å². The van der Waals surface area contributed by atoms with E-state index < -0.39 is 0 Å². The minimum atomic E-state index is -0.261. The molecule has 0 aliphatic carbocycles. The lowest BCUT2D eigenvalue weighted by Crippen LogP contribution is -2.17. The summed E-state index contributed by atoms with van der Waals surface area (Å²) in [5.41, 5.74) is 6.74. The second kappa shape index (κ2) is 5.90. The van der Waals surface area contributed by atoms with E-state index in [-0.39, 0.29) is 12.0 Å². The van der Waals surface area contributed by atoms with Gasteiger partial charge in [0, 0.05) is 16.5 Å². The summed E-state index contributed by atoms with van der Waals surface area (Å²) in [7, 11) is 0. The van der Waals surface area contributed by atoms with Gasteiger partial charge in [0.2, 0.25) is 5.89 Å². The average molecular weight is 300 g/mol. The number of halogens is 2. The normalized spacial score (nSPS) is 12.9. The molecule has 2 rings (SSSR count). The maximum atomic E-state index is 6.10. The van der Waals surface area contributed by atoms with E-state index in [1.807, 2.05) is 13.8 Å². The minimum absolute atomic E-state index is 0.234. The molecule has 6 heteroatoms. The first kappa shape index (κ1) is 14.3. The summed E-state index contributed by atoms with van der Waals surface area (Å²) in [6.45, 7) is 4.00. The number of nitrogens with two attached hydrogens (primary N) is 1. The van der Waals surface area contributed by atoms with Crippen LogP contribution in [0.15, 0.2) is 22.7 Å². The molecule has 19 heavy (non-hydrogen) atoms. The standard InChI is InChI=1S/C13H15Cl2N3O/c1-7(2)12(16)13-17-11(18-19-13)6-8-9(14)4-3-5-10(8)15/h3-5,7,12H,6,16H2,1-2H3. The molecule has 102 valence electrons. The van der Waals surface area contributed by atoms with Crippen LogP contribution in [0.4, 0.5) is 0 Å². The van der Waals surface area contributed by atoms with E-state index in [1.165, 1.54) is 0 Å². The van der Waals surface area contributed by atoms with Crippen molar-refractivity contribution in [2.75, 3.05) is 0 Å². The Labute approximate surface area is 121 Å². The van der Waals surface area contributed by atoms with Gasteiger partial charge in [0.1, 0.15) is 0 Å². The highest BCUT2D eigenvalue weighted by Crippen LogP contribution is 2.26. The fourth-order valence-electron chi connectivity index (χ4n) is 1.62. The van der Waals surface area contributed by atoms with Gasteiger partial charge in [0.25, 0.3) is 0 Å². The lowest BCUT2D eigenvalue weighted by atomic mass is 10.1. The lowest BCUT2D eigenvalue weighted by molar-refractivity contribution is 0.322. The third kappa shape index (κ3) is 3.26. The minimum Gasteiger partial charge on any atom is -0.338 e. The predicted octanol–water partition coefficient (Wildman–Crippen LogP) is 3.62. The van der Waals surface area contributed by atoms with Crippen LogP contribution in [-0.4, -0.2) is 10.1 Å². The third-order valence-electron chi connectivity index (χ3n) is 2.88. The summed E-state index contributed by atoms with van der Waals surface area (Å²) in [4.78, 5) is 4.29. The number of benzene rings is 1. The van der Waals surface area contributed by atoms with Gasteiger partial charge in [-0.3, -0.25) is 0 Å². The van der Waals surface area contributed by atoms with Crippen molar-refractivity contribution in [2.45, 2.75) is 26.3 Å². The molecule has 0 fully saturated rings. The summed E-state index contributed by atoms with van der Waals surface area (Å²) >= 11 is 12.2. The molecule has 4 nitrogen and oxygen atoms in total. The SMILES string of the molecule is CC(C)C(N)c1nc(Cc2c(Cl)cccc2Cl)no1. The third-order valence-corrected chi connectivity index (χ3v) is 3.59. The van der Waals surface area contributed by atoms with Crippen LogP contribution in [0.25, 0.3) is 0 Å². The largest absolute Gasteiger partial charge is 0.338 e. The topological polar surface area (TPSA) is 64.9 Å². The van der Waals surface area contributed by atoms with Gasteiger partial charge < -0.3 is 10.3 Å². The molecule has 0 saturated heterocycles. The summed E-state index contributed by atoms with van der Waals surface area (Å²) < 4.78 is 5.17. The summed E-state index contributed by atoms with van der Waals surface area (Å²) in [6.07, 6.45) is 0.423. The molecule has 1 aromatic heterocycles. The molecule has 0 radical (unpaired) electrons. The van der Waals surface area contributed by atoms with Gasteiger partial charge >= 0.3 is 0 Å². The summed E-state index contributed by atoms with van der Waals surface area (Å²) in [5.74, 6) is 1.20. The number of hydrogen-bond donors (Lipinski definition) is 1. The second-order valence-electron chi connectivity index (χ2n) is 4.70.